The number of ketones is 1. The molecule has 6 rings (SSSR count). The van der Waals surface area contributed by atoms with Crippen LogP contribution in [0.15, 0.2) is 77.7 Å². The summed E-state index contributed by atoms with van der Waals surface area (Å²) in [5, 5.41) is 11.2. The minimum Gasteiger partial charge on any atom is -0.459 e. The van der Waals surface area contributed by atoms with Gasteiger partial charge in [-0.25, -0.2) is 9.97 Å². The van der Waals surface area contributed by atoms with Gasteiger partial charge in [0.1, 0.15) is 5.52 Å². The van der Waals surface area contributed by atoms with Crippen molar-refractivity contribution >= 4 is 39.3 Å². The van der Waals surface area contributed by atoms with Crippen LogP contribution in [0, 0.1) is 5.92 Å². The summed E-state index contributed by atoms with van der Waals surface area (Å²) in [6.45, 7) is 4.09. The summed E-state index contributed by atoms with van der Waals surface area (Å²) in [5.74, 6) is 1.56. The third-order valence-electron chi connectivity index (χ3n) is 6.06. The highest BCUT2D eigenvalue weighted by Gasteiger charge is 2.15. The minimum absolute atomic E-state index is 0.115. The summed E-state index contributed by atoms with van der Waals surface area (Å²) < 4.78 is 5.68. The Morgan fingerprint density at radius 3 is 2.61 bits per heavy atom. The standard InChI is InChI=1S/C28H24N6O2/c1-16(2)11-25(35)24-12-18-3-4-19(13-23(18)32-24)27-33-22-9-10-36-26(22)28(34-27)31-21-7-5-17(6-8-21)20-14-29-30-15-20/h3-10,12-16,32H,11H2,1-2H3,(H,29,30)(H,31,33,34). The molecule has 0 bridgehead atoms. The zero-order valence-corrected chi connectivity index (χ0v) is 19.9. The van der Waals surface area contributed by atoms with Gasteiger partial charge in [0.2, 0.25) is 0 Å². The van der Waals surface area contributed by atoms with Gasteiger partial charge in [0.15, 0.2) is 23.0 Å². The lowest BCUT2D eigenvalue weighted by atomic mass is 10.1. The fourth-order valence-corrected chi connectivity index (χ4v) is 4.27. The van der Waals surface area contributed by atoms with Crippen LogP contribution >= 0.6 is 0 Å². The molecule has 3 N–H and O–H groups in total. The number of benzene rings is 2. The van der Waals surface area contributed by atoms with Crippen molar-refractivity contribution in [1.82, 2.24) is 25.1 Å². The first kappa shape index (κ1) is 21.8. The first-order valence-electron chi connectivity index (χ1n) is 11.8. The van der Waals surface area contributed by atoms with Crippen LogP contribution in [0.25, 0.3) is 44.5 Å². The Labute approximate surface area is 206 Å². The van der Waals surface area contributed by atoms with E-state index in [-0.39, 0.29) is 5.78 Å². The molecule has 0 spiro atoms. The number of nitrogens with one attached hydrogen (secondary N) is 3. The molecule has 8 nitrogen and oxygen atoms in total. The molecule has 6 aromatic rings. The summed E-state index contributed by atoms with van der Waals surface area (Å²) in [6.07, 6.45) is 5.76. The van der Waals surface area contributed by atoms with Crippen molar-refractivity contribution in [2.45, 2.75) is 20.3 Å². The third kappa shape index (κ3) is 4.13. The molecule has 36 heavy (non-hydrogen) atoms. The minimum atomic E-state index is 0.115. The second-order valence-corrected chi connectivity index (χ2v) is 9.23. The Morgan fingerprint density at radius 1 is 1.00 bits per heavy atom. The Balaban J connectivity index is 1.33. The number of furan rings is 1. The van der Waals surface area contributed by atoms with Gasteiger partial charge in [-0.1, -0.05) is 38.1 Å². The number of carbonyl (C=O) groups is 1. The van der Waals surface area contributed by atoms with Gasteiger partial charge < -0.3 is 14.7 Å². The topological polar surface area (TPSA) is 112 Å². The number of aromatic amines is 2. The molecule has 0 fully saturated rings. The van der Waals surface area contributed by atoms with Crippen molar-refractivity contribution < 1.29 is 9.21 Å². The van der Waals surface area contributed by atoms with Crippen LogP contribution in [-0.4, -0.2) is 30.9 Å². The molecule has 178 valence electrons. The number of Topliss-reactive ketones (excluding diaryl/α,β-unsaturated/α-hetero) is 1. The van der Waals surface area contributed by atoms with Crippen LogP contribution in [-0.2, 0) is 0 Å². The molecule has 0 unspecified atom stereocenters. The monoisotopic (exact) mass is 476 g/mol. The first-order valence-corrected chi connectivity index (χ1v) is 11.8. The molecular weight excluding hydrogens is 452 g/mol. The molecule has 4 heterocycles. The molecule has 0 saturated heterocycles. The fraction of sp³-hybridized carbons (Fsp3) is 0.143. The van der Waals surface area contributed by atoms with Gasteiger partial charge in [-0.15, -0.1) is 0 Å². The Bertz CT molecular complexity index is 1680. The maximum atomic E-state index is 12.5. The Hall–Kier alpha value is -4.72. The summed E-state index contributed by atoms with van der Waals surface area (Å²) in [4.78, 5) is 25.3. The van der Waals surface area contributed by atoms with Crippen molar-refractivity contribution in [3.63, 3.8) is 0 Å². The van der Waals surface area contributed by atoms with Gasteiger partial charge in [0, 0.05) is 46.4 Å². The van der Waals surface area contributed by atoms with E-state index in [0.29, 0.717) is 40.8 Å². The highest BCUT2D eigenvalue weighted by molar-refractivity contribution is 6.00. The van der Waals surface area contributed by atoms with Crippen molar-refractivity contribution in [2.24, 2.45) is 5.92 Å². The van der Waals surface area contributed by atoms with E-state index in [2.05, 4.69) is 20.5 Å². The van der Waals surface area contributed by atoms with E-state index in [0.717, 1.165) is 33.3 Å². The molecule has 0 aliphatic carbocycles. The second kappa shape index (κ2) is 8.81. The third-order valence-corrected chi connectivity index (χ3v) is 6.06. The van der Waals surface area contributed by atoms with E-state index >= 15 is 0 Å². The fourth-order valence-electron chi connectivity index (χ4n) is 4.27. The van der Waals surface area contributed by atoms with Crippen molar-refractivity contribution in [3.8, 4) is 22.5 Å². The van der Waals surface area contributed by atoms with Gasteiger partial charge in [0.05, 0.1) is 18.2 Å². The van der Waals surface area contributed by atoms with E-state index in [1.807, 2.05) is 74.6 Å². The molecule has 4 aromatic heterocycles. The SMILES string of the molecule is CC(C)CC(=O)c1cc2ccc(-c3nc(Nc4ccc(-c5cn[nH]c5)cc4)c4occc4n3)cc2[nH]1. The number of aromatic nitrogens is 5. The molecule has 0 amide bonds. The van der Waals surface area contributed by atoms with E-state index in [9.17, 15) is 4.79 Å². The molecule has 0 aliphatic rings. The second-order valence-electron chi connectivity index (χ2n) is 9.23. The van der Waals surface area contributed by atoms with Gasteiger partial charge in [-0.2, -0.15) is 5.10 Å². The summed E-state index contributed by atoms with van der Waals surface area (Å²) in [7, 11) is 0. The van der Waals surface area contributed by atoms with Crippen LogP contribution in [0.4, 0.5) is 11.5 Å². The van der Waals surface area contributed by atoms with Crippen LogP contribution < -0.4 is 5.32 Å². The summed E-state index contributed by atoms with van der Waals surface area (Å²) in [5.41, 5.74) is 6.59. The largest absolute Gasteiger partial charge is 0.459 e. The normalized spacial score (nSPS) is 11.5. The van der Waals surface area contributed by atoms with E-state index < -0.39 is 0 Å². The molecular formula is C28H24N6O2. The zero-order valence-electron chi connectivity index (χ0n) is 19.9. The van der Waals surface area contributed by atoms with Gasteiger partial charge in [-0.3, -0.25) is 9.89 Å². The van der Waals surface area contributed by atoms with Gasteiger partial charge in [0.25, 0.3) is 0 Å². The van der Waals surface area contributed by atoms with Crippen molar-refractivity contribution in [1.29, 1.82) is 0 Å². The first-order chi connectivity index (χ1) is 17.5. The predicted molar refractivity (Wildman–Crippen MR) is 140 cm³/mol. The highest BCUT2D eigenvalue weighted by atomic mass is 16.3. The van der Waals surface area contributed by atoms with Gasteiger partial charge >= 0.3 is 0 Å². The number of H-pyrrole nitrogens is 2. The maximum absolute atomic E-state index is 12.5. The quantitative estimate of drug-likeness (QED) is 0.220. The summed E-state index contributed by atoms with van der Waals surface area (Å²) in [6, 6.07) is 17.7. The number of anilines is 2. The Morgan fingerprint density at radius 2 is 1.83 bits per heavy atom. The number of nitrogens with zero attached hydrogens (tertiary/aromatic N) is 3. The smallest absolute Gasteiger partial charge is 0.194 e. The zero-order chi connectivity index (χ0) is 24.6. The molecule has 0 atom stereocenters. The van der Waals surface area contributed by atoms with E-state index in [4.69, 9.17) is 14.4 Å². The lowest BCUT2D eigenvalue weighted by molar-refractivity contribution is 0.0964. The van der Waals surface area contributed by atoms with E-state index in [1.54, 1.807) is 12.5 Å². The highest BCUT2D eigenvalue weighted by Crippen LogP contribution is 2.30. The lowest BCUT2D eigenvalue weighted by Gasteiger charge is -2.09. The van der Waals surface area contributed by atoms with Crippen molar-refractivity contribution in [2.75, 3.05) is 5.32 Å². The summed E-state index contributed by atoms with van der Waals surface area (Å²) >= 11 is 0. The molecule has 0 saturated carbocycles. The number of fused-ring (bicyclic) bond motifs is 2. The average molecular weight is 477 g/mol. The Kier molecular flexibility index (Phi) is 5.33. The van der Waals surface area contributed by atoms with Crippen molar-refractivity contribution in [3.05, 3.63) is 78.9 Å². The van der Waals surface area contributed by atoms with E-state index in [1.165, 1.54) is 0 Å². The van der Waals surface area contributed by atoms with Crippen LogP contribution in [0.1, 0.15) is 30.8 Å². The average Bonchev–Trinajstić information content (AvgIpc) is 3.64. The number of rotatable bonds is 7. The predicted octanol–water partition coefficient (Wildman–Crippen LogP) is 6.73. The molecule has 2 aromatic carbocycles. The van der Waals surface area contributed by atoms with Gasteiger partial charge in [-0.05, 0) is 35.7 Å². The van der Waals surface area contributed by atoms with Crippen LogP contribution in [0.3, 0.4) is 0 Å². The maximum Gasteiger partial charge on any atom is 0.194 e. The number of hydrogen-bond donors (Lipinski definition) is 3. The molecule has 8 heteroatoms. The lowest BCUT2D eigenvalue weighted by Crippen LogP contribution is -2.03. The van der Waals surface area contributed by atoms with Crippen LogP contribution in [0.5, 0.6) is 0 Å². The van der Waals surface area contributed by atoms with Crippen LogP contribution in [0.2, 0.25) is 0 Å². The molecule has 0 aliphatic heterocycles. The number of carbonyl (C=O) groups excluding carboxylic acids is 1. The molecule has 0 radical (unpaired) electrons. The number of hydrogen-bond acceptors (Lipinski definition) is 6.